The van der Waals surface area contributed by atoms with Crippen molar-refractivity contribution in [3.05, 3.63) is 17.7 Å². The lowest BCUT2D eigenvalue weighted by Crippen LogP contribution is -2.33. The summed E-state index contributed by atoms with van der Waals surface area (Å²) in [6.45, 7) is 8.93. The SMILES string of the molecule is CCOc1cc(C(=O)N2CCCCCCC2)cc(OCC)c1OCC. The number of nitrogens with zero attached hydrogens (tertiary/aromatic N) is 1. The van der Waals surface area contributed by atoms with E-state index in [9.17, 15) is 4.79 Å². The van der Waals surface area contributed by atoms with Crippen LogP contribution in [-0.2, 0) is 0 Å². The van der Waals surface area contributed by atoms with Gasteiger partial charge in [-0.25, -0.2) is 0 Å². The Bertz CT molecular complexity index is 524. The van der Waals surface area contributed by atoms with E-state index in [0.717, 1.165) is 25.9 Å². The van der Waals surface area contributed by atoms with Crippen molar-refractivity contribution in [1.82, 2.24) is 4.90 Å². The number of benzene rings is 1. The molecule has 1 heterocycles. The Morgan fingerprint density at radius 2 is 1.32 bits per heavy atom. The molecule has 0 bridgehead atoms. The molecule has 25 heavy (non-hydrogen) atoms. The van der Waals surface area contributed by atoms with Crippen LogP contribution in [0.1, 0.15) is 63.2 Å². The molecule has 5 heteroatoms. The van der Waals surface area contributed by atoms with Crippen LogP contribution in [0.5, 0.6) is 17.2 Å². The third kappa shape index (κ3) is 5.28. The van der Waals surface area contributed by atoms with Crippen LogP contribution in [0.15, 0.2) is 12.1 Å². The van der Waals surface area contributed by atoms with Gasteiger partial charge in [-0.05, 0) is 45.7 Å². The lowest BCUT2D eigenvalue weighted by molar-refractivity contribution is 0.0741. The minimum atomic E-state index is 0.0480. The van der Waals surface area contributed by atoms with Gasteiger partial charge >= 0.3 is 0 Å². The first-order chi connectivity index (χ1) is 12.2. The van der Waals surface area contributed by atoms with Gasteiger partial charge in [-0.15, -0.1) is 0 Å². The molecule has 1 fully saturated rings. The van der Waals surface area contributed by atoms with Gasteiger partial charge in [0.15, 0.2) is 11.5 Å². The highest BCUT2D eigenvalue weighted by Crippen LogP contribution is 2.39. The van der Waals surface area contributed by atoms with Crippen LogP contribution in [0, 0.1) is 0 Å². The van der Waals surface area contributed by atoms with Crippen molar-refractivity contribution in [2.24, 2.45) is 0 Å². The van der Waals surface area contributed by atoms with Gasteiger partial charge in [0.2, 0.25) is 5.75 Å². The maximum absolute atomic E-state index is 13.0. The number of hydrogen-bond acceptors (Lipinski definition) is 4. The number of hydrogen-bond donors (Lipinski definition) is 0. The predicted octanol–water partition coefficient (Wildman–Crippen LogP) is 4.29. The van der Waals surface area contributed by atoms with Crippen LogP contribution >= 0.6 is 0 Å². The van der Waals surface area contributed by atoms with Crippen molar-refractivity contribution in [2.75, 3.05) is 32.9 Å². The van der Waals surface area contributed by atoms with Crippen LogP contribution < -0.4 is 14.2 Å². The van der Waals surface area contributed by atoms with Gasteiger partial charge < -0.3 is 19.1 Å². The molecule has 1 aromatic rings. The Balaban J connectivity index is 2.32. The summed E-state index contributed by atoms with van der Waals surface area (Å²) in [5.74, 6) is 1.78. The molecule has 1 amide bonds. The molecule has 0 saturated carbocycles. The van der Waals surface area contributed by atoms with E-state index in [1.165, 1.54) is 19.3 Å². The Kier molecular flexibility index (Phi) is 7.89. The molecule has 1 aliphatic rings. The largest absolute Gasteiger partial charge is 0.490 e. The second-order valence-electron chi connectivity index (χ2n) is 6.16. The Labute approximate surface area is 151 Å². The van der Waals surface area contributed by atoms with E-state index in [1.54, 1.807) is 12.1 Å². The van der Waals surface area contributed by atoms with Crippen LogP contribution in [0.4, 0.5) is 0 Å². The smallest absolute Gasteiger partial charge is 0.254 e. The van der Waals surface area contributed by atoms with Gasteiger partial charge in [0.1, 0.15) is 0 Å². The Morgan fingerprint density at radius 1 is 0.840 bits per heavy atom. The standard InChI is InChI=1S/C20H31NO4/c1-4-23-17-14-16(15-18(24-5-2)19(17)25-6-3)20(22)21-12-10-8-7-9-11-13-21/h14-15H,4-13H2,1-3H3. The minimum Gasteiger partial charge on any atom is -0.490 e. The molecule has 1 saturated heterocycles. The van der Waals surface area contributed by atoms with E-state index in [0.29, 0.717) is 42.6 Å². The second-order valence-corrected chi connectivity index (χ2v) is 6.16. The normalized spacial score (nSPS) is 15.2. The van der Waals surface area contributed by atoms with Crippen molar-refractivity contribution in [3.63, 3.8) is 0 Å². The monoisotopic (exact) mass is 349 g/mol. The molecule has 140 valence electrons. The van der Waals surface area contributed by atoms with E-state index in [2.05, 4.69) is 0 Å². The zero-order valence-corrected chi connectivity index (χ0v) is 15.8. The number of rotatable bonds is 7. The average molecular weight is 349 g/mol. The number of amides is 1. The van der Waals surface area contributed by atoms with Gasteiger partial charge in [-0.2, -0.15) is 0 Å². The highest BCUT2D eigenvalue weighted by molar-refractivity contribution is 5.95. The summed E-state index contributed by atoms with van der Waals surface area (Å²) in [6, 6.07) is 3.58. The van der Waals surface area contributed by atoms with Crippen LogP contribution in [0.2, 0.25) is 0 Å². The second kappa shape index (κ2) is 10.2. The van der Waals surface area contributed by atoms with Crippen molar-refractivity contribution in [2.45, 2.75) is 52.9 Å². The third-order valence-corrected chi connectivity index (χ3v) is 4.30. The zero-order valence-electron chi connectivity index (χ0n) is 15.8. The average Bonchev–Trinajstić information content (AvgIpc) is 2.57. The number of carbonyl (C=O) groups is 1. The lowest BCUT2D eigenvalue weighted by Gasteiger charge is -2.25. The van der Waals surface area contributed by atoms with Gasteiger partial charge in [0.05, 0.1) is 19.8 Å². The molecule has 0 radical (unpaired) electrons. The van der Waals surface area contributed by atoms with Crippen molar-refractivity contribution < 1.29 is 19.0 Å². The molecule has 0 unspecified atom stereocenters. The molecule has 1 aliphatic heterocycles. The van der Waals surface area contributed by atoms with Crippen LogP contribution in [-0.4, -0.2) is 43.7 Å². The molecule has 0 spiro atoms. The molecule has 1 aromatic carbocycles. The Morgan fingerprint density at radius 3 is 1.80 bits per heavy atom. The van der Waals surface area contributed by atoms with E-state index >= 15 is 0 Å². The highest BCUT2D eigenvalue weighted by atomic mass is 16.5. The van der Waals surface area contributed by atoms with Gasteiger partial charge in [0.25, 0.3) is 5.91 Å². The first-order valence-corrected chi connectivity index (χ1v) is 9.56. The topological polar surface area (TPSA) is 48.0 Å². The Hall–Kier alpha value is -1.91. The van der Waals surface area contributed by atoms with Gasteiger partial charge in [-0.1, -0.05) is 19.3 Å². The fourth-order valence-corrected chi connectivity index (χ4v) is 3.15. The van der Waals surface area contributed by atoms with Crippen LogP contribution in [0.25, 0.3) is 0 Å². The summed E-state index contributed by atoms with van der Waals surface area (Å²) >= 11 is 0. The fourth-order valence-electron chi connectivity index (χ4n) is 3.15. The van der Waals surface area contributed by atoms with E-state index in [-0.39, 0.29) is 5.91 Å². The quantitative estimate of drug-likeness (QED) is 0.737. The first kappa shape index (κ1) is 19.4. The summed E-state index contributed by atoms with van der Waals surface area (Å²) in [7, 11) is 0. The van der Waals surface area contributed by atoms with Crippen molar-refractivity contribution in [1.29, 1.82) is 0 Å². The molecule has 0 atom stereocenters. The molecule has 5 nitrogen and oxygen atoms in total. The van der Waals surface area contributed by atoms with Crippen molar-refractivity contribution in [3.8, 4) is 17.2 Å². The third-order valence-electron chi connectivity index (χ3n) is 4.30. The van der Waals surface area contributed by atoms with E-state index in [1.807, 2.05) is 25.7 Å². The maximum Gasteiger partial charge on any atom is 0.254 e. The van der Waals surface area contributed by atoms with Gasteiger partial charge in [-0.3, -0.25) is 4.79 Å². The molecular formula is C20H31NO4. The van der Waals surface area contributed by atoms with E-state index < -0.39 is 0 Å². The molecule has 0 aromatic heterocycles. The minimum absolute atomic E-state index is 0.0480. The number of likely N-dealkylation sites (tertiary alicyclic amines) is 1. The molecular weight excluding hydrogens is 318 g/mol. The summed E-state index contributed by atoms with van der Waals surface area (Å²) in [6.07, 6.45) is 5.80. The molecule has 2 rings (SSSR count). The highest BCUT2D eigenvalue weighted by Gasteiger charge is 2.22. The number of carbonyl (C=O) groups excluding carboxylic acids is 1. The molecule has 0 N–H and O–H groups in total. The summed E-state index contributed by atoms with van der Waals surface area (Å²) in [4.78, 5) is 15.0. The fraction of sp³-hybridized carbons (Fsp3) is 0.650. The lowest BCUT2D eigenvalue weighted by atomic mass is 10.1. The first-order valence-electron chi connectivity index (χ1n) is 9.56. The van der Waals surface area contributed by atoms with Gasteiger partial charge in [0, 0.05) is 18.7 Å². The number of ether oxygens (including phenoxy) is 3. The summed E-state index contributed by atoms with van der Waals surface area (Å²) in [5, 5.41) is 0. The summed E-state index contributed by atoms with van der Waals surface area (Å²) < 4.78 is 17.2. The maximum atomic E-state index is 13.0. The van der Waals surface area contributed by atoms with Crippen LogP contribution in [0.3, 0.4) is 0 Å². The summed E-state index contributed by atoms with van der Waals surface area (Å²) in [5.41, 5.74) is 0.607. The van der Waals surface area contributed by atoms with Crippen molar-refractivity contribution >= 4 is 5.91 Å². The van der Waals surface area contributed by atoms with E-state index in [4.69, 9.17) is 14.2 Å². The zero-order chi connectivity index (χ0) is 18.1. The molecule has 0 aliphatic carbocycles. The predicted molar refractivity (Wildman–Crippen MR) is 98.9 cm³/mol.